The Balaban J connectivity index is 1.10. The summed E-state index contributed by atoms with van der Waals surface area (Å²) in [5, 5.41) is 33.1. The Morgan fingerprint density at radius 3 is 2.10 bits per heavy atom. The van der Waals surface area contributed by atoms with Crippen LogP contribution in [0, 0.1) is 35.5 Å². The number of carboxylic acids is 1. The molecule has 7 saturated heterocycles. The predicted octanol–water partition coefficient (Wildman–Crippen LogP) is 5.20. The van der Waals surface area contributed by atoms with Crippen LogP contribution >= 0.6 is 0 Å². The molecule has 24 atom stereocenters. The first kappa shape index (κ1) is 49.8. The summed E-state index contributed by atoms with van der Waals surface area (Å²) < 4.78 is 78.0. The minimum atomic E-state index is -2.15. The average molecular weight is 901 g/mol. The van der Waals surface area contributed by atoms with Gasteiger partial charge in [-0.1, -0.05) is 34.6 Å². The first-order valence-corrected chi connectivity index (χ1v) is 24.0. The zero-order valence-corrected chi connectivity index (χ0v) is 39.8. The lowest BCUT2D eigenvalue weighted by Gasteiger charge is -2.53. The summed E-state index contributed by atoms with van der Waals surface area (Å²) >= 11 is 0. The molecule has 0 aromatic carbocycles. The largest absolute Gasteiger partial charge is 0.481 e. The van der Waals surface area contributed by atoms with Gasteiger partial charge < -0.3 is 72.2 Å². The molecule has 63 heavy (non-hydrogen) atoms. The van der Waals surface area contributed by atoms with Crippen molar-refractivity contribution in [2.24, 2.45) is 35.5 Å². The molecule has 1 spiro atoms. The van der Waals surface area contributed by atoms with Crippen LogP contribution < -0.4 is 0 Å². The third-order valence-electron chi connectivity index (χ3n) is 16.4. The van der Waals surface area contributed by atoms with Crippen molar-refractivity contribution in [3.05, 3.63) is 0 Å². The van der Waals surface area contributed by atoms with E-state index in [0.717, 1.165) is 25.7 Å². The van der Waals surface area contributed by atoms with Gasteiger partial charge in [0.25, 0.3) is 0 Å². The molecule has 0 aliphatic carbocycles. The second-order valence-electron chi connectivity index (χ2n) is 20.4. The minimum Gasteiger partial charge on any atom is -0.481 e. The maximum atomic E-state index is 12.3. The first-order chi connectivity index (χ1) is 29.8. The lowest BCUT2D eigenvalue weighted by Crippen LogP contribution is -2.67. The van der Waals surface area contributed by atoms with Crippen LogP contribution in [0.15, 0.2) is 0 Å². The van der Waals surface area contributed by atoms with Crippen LogP contribution in [0.25, 0.3) is 0 Å². The molecule has 0 amide bonds. The Labute approximate surface area is 374 Å². The topological polar surface area (TPSA) is 189 Å². The van der Waals surface area contributed by atoms with Crippen molar-refractivity contribution in [3.63, 3.8) is 0 Å². The van der Waals surface area contributed by atoms with Gasteiger partial charge in [-0.3, -0.25) is 4.79 Å². The van der Waals surface area contributed by atoms with Crippen molar-refractivity contribution < 1.29 is 77.0 Å². The van der Waals surface area contributed by atoms with E-state index in [9.17, 15) is 20.1 Å². The summed E-state index contributed by atoms with van der Waals surface area (Å²) in [4.78, 5) is 12.3. The van der Waals surface area contributed by atoms with Gasteiger partial charge in [-0.15, -0.1) is 0 Å². The number of aliphatic carboxylic acids is 1. The molecule has 0 saturated carbocycles. The van der Waals surface area contributed by atoms with Gasteiger partial charge in [0.1, 0.15) is 18.1 Å². The van der Waals surface area contributed by atoms with Crippen molar-refractivity contribution in [1.82, 2.24) is 0 Å². The molecule has 7 fully saturated rings. The van der Waals surface area contributed by atoms with Crippen LogP contribution in [0.2, 0.25) is 0 Å². The van der Waals surface area contributed by atoms with Crippen molar-refractivity contribution in [2.75, 3.05) is 27.9 Å². The van der Waals surface area contributed by atoms with E-state index < -0.39 is 72.2 Å². The minimum absolute atomic E-state index is 0.00135. The molecular formula is C47H80O16. The highest BCUT2D eigenvalue weighted by Gasteiger charge is 2.63. The number of rotatable bonds is 14. The third-order valence-corrected chi connectivity index (χ3v) is 16.4. The summed E-state index contributed by atoms with van der Waals surface area (Å²) in [5.74, 6) is -7.19. The maximum Gasteiger partial charge on any atom is 0.311 e. The highest BCUT2D eigenvalue weighted by atomic mass is 16.7. The average Bonchev–Trinajstić information content (AvgIpc) is 3.97. The van der Waals surface area contributed by atoms with Crippen molar-refractivity contribution in [3.8, 4) is 0 Å². The molecule has 0 aromatic heterocycles. The van der Waals surface area contributed by atoms with Gasteiger partial charge in [-0.2, -0.15) is 0 Å². The fourth-order valence-electron chi connectivity index (χ4n) is 12.3. The number of hydrogen-bond donors (Lipinski definition) is 3. The Bertz CT molecular complexity index is 1520. The normalized spacial score (nSPS) is 52.3. The number of carboxylic acid groups (broad SMARTS) is 1. The Morgan fingerprint density at radius 2 is 1.44 bits per heavy atom. The number of aliphatic hydroxyl groups is 2. The highest BCUT2D eigenvalue weighted by molar-refractivity contribution is 5.71. The number of carbonyl (C=O) groups is 1. The van der Waals surface area contributed by atoms with Crippen LogP contribution in [0.3, 0.4) is 0 Å². The molecule has 16 heteroatoms. The van der Waals surface area contributed by atoms with E-state index in [-0.39, 0.29) is 85.0 Å². The van der Waals surface area contributed by atoms with E-state index in [2.05, 4.69) is 20.8 Å². The van der Waals surface area contributed by atoms with Crippen LogP contribution in [-0.2, 0) is 61.6 Å². The van der Waals surface area contributed by atoms with E-state index in [4.69, 9.17) is 56.8 Å². The van der Waals surface area contributed by atoms with Crippen LogP contribution in [0.1, 0.15) is 120 Å². The molecular weight excluding hydrogens is 821 g/mol. The Hall–Kier alpha value is -1.09. The van der Waals surface area contributed by atoms with Gasteiger partial charge in [0.15, 0.2) is 17.9 Å². The molecule has 0 aromatic rings. The van der Waals surface area contributed by atoms with E-state index in [0.29, 0.717) is 32.1 Å². The van der Waals surface area contributed by atoms with Gasteiger partial charge in [0.05, 0.1) is 73.2 Å². The fraction of sp³-hybridized carbons (Fsp3) is 0.979. The summed E-state index contributed by atoms with van der Waals surface area (Å²) in [7, 11) is 4.96. The van der Waals surface area contributed by atoms with Gasteiger partial charge in [0, 0.05) is 77.3 Å². The second kappa shape index (κ2) is 19.9. The van der Waals surface area contributed by atoms with Gasteiger partial charge in [0.2, 0.25) is 5.79 Å². The number of methoxy groups -OCH3 is 3. The standard InChI is InChI=1S/C47H80O16/c1-13-55-43-41(54-12)26(5)34(61-46(43,51)28(7)44(48)49)20-30-21-35(53-11)27(6)47(60-30)25(4)19-38(62-47)42-37(58-39-17-16-31(52-10)29(8)56-39)22-36(59-42)32-14-15-33(57-32)40-23(2)18-24(3)45(9,50)63-40/h23-43,50-51H,13-22H2,1-12H3,(H,48,49)/t23-,24+,25+,26+,27+,28-,29+,30?,31-,32+,33+,34-,35+,36-,37?,38-,39?,40-,41+,42?,43-,45-,46+,47+/m0/s1. The molecule has 3 N–H and O–H groups in total. The predicted molar refractivity (Wildman–Crippen MR) is 226 cm³/mol. The molecule has 16 nitrogen and oxygen atoms in total. The van der Waals surface area contributed by atoms with Crippen molar-refractivity contribution in [2.45, 2.75) is 229 Å². The number of hydrogen-bond acceptors (Lipinski definition) is 15. The van der Waals surface area contributed by atoms with E-state index in [1.807, 2.05) is 20.8 Å². The number of ether oxygens (including phenoxy) is 12. The van der Waals surface area contributed by atoms with E-state index in [1.165, 1.54) is 6.92 Å². The summed E-state index contributed by atoms with van der Waals surface area (Å²) in [6, 6.07) is 0. The molecule has 7 heterocycles. The second-order valence-corrected chi connectivity index (χ2v) is 20.4. The molecule has 7 rings (SSSR count). The smallest absolute Gasteiger partial charge is 0.311 e. The Morgan fingerprint density at radius 1 is 0.730 bits per heavy atom. The Kier molecular flexibility index (Phi) is 15.7. The molecule has 7 aliphatic heterocycles. The summed E-state index contributed by atoms with van der Waals surface area (Å²) in [6.07, 6.45) is 0.511. The van der Waals surface area contributed by atoms with Gasteiger partial charge in [-0.05, 0) is 65.7 Å². The van der Waals surface area contributed by atoms with Crippen LogP contribution in [-0.4, -0.2) is 158 Å². The zero-order valence-electron chi connectivity index (χ0n) is 39.8. The van der Waals surface area contributed by atoms with Crippen LogP contribution in [0.4, 0.5) is 0 Å². The monoisotopic (exact) mass is 901 g/mol. The lowest BCUT2D eigenvalue weighted by atomic mass is 9.77. The molecule has 4 unspecified atom stereocenters. The first-order valence-electron chi connectivity index (χ1n) is 24.0. The maximum absolute atomic E-state index is 12.3. The SMILES string of the molecule is CCO[C@H]1[C@H](OC)[C@H](C)[C@H](CC2C[C@@H](OC)[C@@H](C)[C@]3(O2)O[C@H](C2O[C@H]([C@H]4CC[C@H]([C@H]5O[C@](C)(O)[C@H](C)C[C@@H]5C)O4)CC2OC2CC[C@H](OC)[C@@H](C)O2)C[C@H]3C)O[C@]1(O)[C@@H](C)C(=O)O. The van der Waals surface area contributed by atoms with Gasteiger partial charge >= 0.3 is 5.97 Å². The summed E-state index contributed by atoms with van der Waals surface area (Å²) in [6.45, 7) is 17.7. The zero-order chi connectivity index (χ0) is 45.8. The lowest BCUT2D eigenvalue weighted by molar-refractivity contribution is -0.372. The van der Waals surface area contributed by atoms with Crippen LogP contribution in [0.5, 0.6) is 0 Å². The third kappa shape index (κ3) is 9.66. The van der Waals surface area contributed by atoms with E-state index >= 15 is 0 Å². The van der Waals surface area contributed by atoms with Crippen molar-refractivity contribution in [1.29, 1.82) is 0 Å². The molecule has 0 radical (unpaired) electrons. The summed E-state index contributed by atoms with van der Waals surface area (Å²) in [5.41, 5.74) is 0. The molecule has 0 bridgehead atoms. The van der Waals surface area contributed by atoms with Crippen molar-refractivity contribution >= 4 is 5.97 Å². The van der Waals surface area contributed by atoms with Gasteiger partial charge in [-0.25, -0.2) is 0 Å². The van der Waals surface area contributed by atoms with E-state index in [1.54, 1.807) is 35.2 Å². The fourth-order valence-corrected chi connectivity index (χ4v) is 12.3. The quantitative estimate of drug-likeness (QED) is 0.206. The molecule has 364 valence electrons. The highest BCUT2D eigenvalue weighted by Crippen LogP contribution is 2.53. The molecule has 7 aliphatic rings.